The van der Waals surface area contributed by atoms with Crippen LogP contribution in [0.15, 0.2) is 24.3 Å². The van der Waals surface area contributed by atoms with Gasteiger partial charge in [-0.05, 0) is 99.0 Å². The highest BCUT2D eigenvalue weighted by atomic mass is 32.1. The molecule has 0 radical (unpaired) electrons. The van der Waals surface area contributed by atoms with Gasteiger partial charge in [-0.1, -0.05) is 6.07 Å². The number of hydrogen-bond acceptors (Lipinski definition) is 2. The molecular formula is C20H25FN2OS. The summed E-state index contributed by atoms with van der Waals surface area (Å²) in [6.07, 6.45) is 8.08. The standard InChI is InChI=1S/C20H25FN2OS/c1-12(20-9-13-5-14(10-20)7-15(6-13)11-20)22-19(25)23-18(24)16-3-2-4-17(21)8-16/h2-4,8,12-15H,5-7,9-11H2,1H3,(H2,22,23,24,25)/t12-,13?,14?,15?,20?/m0/s1. The van der Waals surface area contributed by atoms with Gasteiger partial charge in [0.1, 0.15) is 5.82 Å². The molecule has 0 spiro atoms. The summed E-state index contributed by atoms with van der Waals surface area (Å²) in [5.74, 6) is 1.85. The van der Waals surface area contributed by atoms with Gasteiger partial charge in [-0.25, -0.2) is 4.39 Å². The first kappa shape index (κ1) is 17.0. The summed E-state index contributed by atoms with van der Waals surface area (Å²) < 4.78 is 13.3. The number of carbonyl (C=O) groups is 1. The maximum absolute atomic E-state index is 13.3. The lowest BCUT2D eigenvalue weighted by Crippen LogP contribution is -2.57. The number of benzene rings is 1. The third kappa shape index (κ3) is 3.31. The highest BCUT2D eigenvalue weighted by Gasteiger charge is 2.53. The zero-order valence-corrected chi connectivity index (χ0v) is 15.4. The van der Waals surface area contributed by atoms with Gasteiger partial charge < -0.3 is 5.32 Å². The molecule has 3 nitrogen and oxygen atoms in total. The summed E-state index contributed by atoms with van der Waals surface area (Å²) in [5, 5.41) is 6.40. The van der Waals surface area contributed by atoms with Crippen LogP contribution in [-0.4, -0.2) is 17.1 Å². The van der Waals surface area contributed by atoms with Crippen molar-refractivity contribution < 1.29 is 9.18 Å². The SMILES string of the molecule is C[C@H](NC(=S)NC(=O)c1cccc(F)c1)C12CC3CC(CC(C3)C1)C2. The molecule has 0 aromatic heterocycles. The van der Waals surface area contributed by atoms with Gasteiger partial charge in [0.2, 0.25) is 0 Å². The van der Waals surface area contributed by atoms with E-state index in [1.807, 2.05) is 0 Å². The van der Waals surface area contributed by atoms with E-state index in [0.717, 1.165) is 17.8 Å². The van der Waals surface area contributed by atoms with E-state index in [1.54, 1.807) is 6.07 Å². The Balaban J connectivity index is 1.38. The molecule has 5 rings (SSSR count). The quantitative estimate of drug-likeness (QED) is 0.800. The van der Waals surface area contributed by atoms with Gasteiger partial charge in [0.15, 0.2) is 5.11 Å². The van der Waals surface area contributed by atoms with Gasteiger partial charge in [0.05, 0.1) is 0 Å². The lowest BCUT2D eigenvalue weighted by molar-refractivity contribution is -0.0672. The Morgan fingerprint density at radius 1 is 1.20 bits per heavy atom. The summed E-state index contributed by atoms with van der Waals surface area (Å²) in [5.41, 5.74) is 0.606. The second-order valence-corrected chi connectivity index (χ2v) is 8.85. The highest BCUT2D eigenvalue weighted by molar-refractivity contribution is 7.80. The van der Waals surface area contributed by atoms with Crippen molar-refractivity contribution in [3.05, 3.63) is 35.6 Å². The van der Waals surface area contributed by atoms with Crippen LogP contribution >= 0.6 is 12.2 Å². The maximum Gasteiger partial charge on any atom is 0.257 e. The smallest absolute Gasteiger partial charge is 0.257 e. The van der Waals surface area contributed by atoms with Crippen LogP contribution in [0.5, 0.6) is 0 Å². The van der Waals surface area contributed by atoms with Crippen LogP contribution in [0.1, 0.15) is 55.8 Å². The van der Waals surface area contributed by atoms with Crippen LogP contribution in [0.3, 0.4) is 0 Å². The molecule has 4 fully saturated rings. The van der Waals surface area contributed by atoms with E-state index in [-0.39, 0.29) is 17.5 Å². The maximum atomic E-state index is 13.3. The number of hydrogen-bond donors (Lipinski definition) is 2. The predicted octanol–water partition coefficient (Wildman–Crippen LogP) is 4.03. The minimum absolute atomic E-state index is 0.251. The van der Waals surface area contributed by atoms with E-state index >= 15 is 0 Å². The Kier molecular flexibility index (Phi) is 4.30. The van der Waals surface area contributed by atoms with Crippen molar-refractivity contribution in [2.75, 3.05) is 0 Å². The number of carbonyl (C=O) groups excluding carboxylic acids is 1. The monoisotopic (exact) mass is 360 g/mol. The van der Waals surface area contributed by atoms with E-state index in [0.29, 0.717) is 10.5 Å². The van der Waals surface area contributed by atoms with Gasteiger partial charge in [0, 0.05) is 11.6 Å². The van der Waals surface area contributed by atoms with E-state index in [4.69, 9.17) is 12.2 Å². The van der Waals surface area contributed by atoms with Crippen molar-refractivity contribution in [3.63, 3.8) is 0 Å². The number of rotatable bonds is 3. The fourth-order valence-electron chi connectivity index (χ4n) is 5.90. The Bertz CT molecular complexity index is 669. The van der Waals surface area contributed by atoms with Crippen molar-refractivity contribution in [1.29, 1.82) is 0 Å². The molecule has 1 atom stereocenters. The molecule has 1 amide bonds. The predicted molar refractivity (Wildman–Crippen MR) is 99.7 cm³/mol. The lowest BCUT2D eigenvalue weighted by atomic mass is 9.48. The molecule has 25 heavy (non-hydrogen) atoms. The summed E-state index contributed by atoms with van der Waals surface area (Å²) in [7, 11) is 0. The molecule has 1 aromatic carbocycles. The summed E-state index contributed by atoms with van der Waals surface area (Å²) >= 11 is 5.36. The van der Waals surface area contributed by atoms with Crippen LogP contribution in [0.25, 0.3) is 0 Å². The van der Waals surface area contributed by atoms with Crippen LogP contribution < -0.4 is 10.6 Å². The molecule has 4 aliphatic rings. The first-order chi connectivity index (χ1) is 11.9. The topological polar surface area (TPSA) is 41.1 Å². The molecule has 4 aliphatic carbocycles. The van der Waals surface area contributed by atoms with E-state index < -0.39 is 5.82 Å². The van der Waals surface area contributed by atoms with Crippen LogP contribution in [0.2, 0.25) is 0 Å². The number of nitrogens with one attached hydrogen (secondary N) is 2. The Morgan fingerprint density at radius 3 is 2.36 bits per heavy atom. The summed E-state index contributed by atoms with van der Waals surface area (Å²) in [6, 6.07) is 5.91. The van der Waals surface area contributed by atoms with Gasteiger partial charge in [-0.2, -0.15) is 0 Å². The van der Waals surface area contributed by atoms with Crippen LogP contribution in [0, 0.1) is 29.0 Å². The normalized spacial score (nSPS) is 33.8. The second kappa shape index (κ2) is 6.35. The third-order valence-electron chi connectivity index (χ3n) is 6.67. The number of halogens is 1. The first-order valence-electron chi connectivity index (χ1n) is 9.31. The molecule has 0 heterocycles. The van der Waals surface area contributed by atoms with Gasteiger partial charge in [-0.3, -0.25) is 10.1 Å². The largest absolute Gasteiger partial charge is 0.359 e. The van der Waals surface area contributed by atoms with Crippen LogP contribution in [0.4, 0.5) is 4.39 Å². The number of thiocarbonyl (C=S) groups is 1. The van der Waals surface area contributed by atoms with Crippen molar-refractivity contribution in [3.8, 4) is 0 Å². The van der Waals surface area contributed by atoms with Crippen molar-refractivity contribution in [2.45, 2.75) is 51.5 Å². The molecule has 0 saturated heterocycles. The molecule has 4 saturated carbocycles. The third-order valence-corrected chi connectivity index (χ3v) is 6.89. The van der Waals surface area contributed by atoms with E-state index in [2.05, 4.69) is 17.6 Å². The van der Waals surface area contributed by atoms with E-state index in [1.165, 1.54) is 56.7 Å². The fraction of sp³-hybridized carbons (Fsp3) is 0.600. The van der Waals surface area contributed by atoms with Crippen molar-refractivity contribution in [2.24, 2.45) is 23.2 Å². The zero-order valence-electron chi connectivity index (χ0n) is 14.6. The van der Waals surface area contributed by atoms with Crippen molar-refractivity contribution >= 4 is 23.2 Å². The average molecular weight is 360 g/mol. The second-order valence-electron chi connectivity index (χ2n) is 8.44. The Hall–Kier alpha value is -1.49. The fourth-order valence-corrected chi connectivity index (χ4v) is 6.17. The summed E-state index contributed by atoms with van der Waals surface area (Å²) in [6.45, 7) is 2.20. The molecule has 5 heteroatoms. The molecule has 1 aromatic rings. The van der Waals surface area contributed by atoms with Crippen molar-refractivity contribution in [1.82, 2.24) is 10.6 Å². The van der Waals surface area contributed by atoms with Gasteiger partial charge in [0.25, 0.3) is 5.91 Å². The molecule has 4 bridgehead atoms. The van der Waals surface area contributed by atoms with E-state index in [9.17, 15) is 9.18 Å². The summed E-state index contributed by atoms with van der Waals surface area (Å²) in [4.78, 5) is 12.2. The molecular weight excluding hydrogens is 335 g/mol. The first-order valence-corrected chi connectivity index (χ1v) is 9.72. The minimum Gasteiger partial charge on any atom is -0.359 e. The average Bonchev–Trinajstić information content (AvgIpc) is 2.53. The zero-order chi connectivity index (χ0) is 17.6. The molecule has 0 aliphatic heterocycles. The highest BCUT2D eigenvalue weighted by Crippen LogP contribution is 2.61. The molecule has 0 unspecified atom stereocenters. The number of amides is 1. The molecule has 134 valence electrons. The minimum atomic E-state index is -0.423. The Morgan fingerprint density at radius 2 is 1.80 bits per heavy atom. The lowest BCUT2D eigenvalue weighted by Gasteiger charge is -2.59. The Labute approximate surface area is 153 Å². The van der Waals surface area contributed by atoms with Gasteiger partial charge >= 0.3 is 0 Å². The van der Waals surface area contributed by atoms with Crippen LogP contribution in [-0.2, 0) is 0 Å². The molecule has 2 N–H and O–H groups in total. The van der Waals surface area contributed by atoms with Gasteiger partial charge in [-0.15, -0.1) is 0 Å².